The second-order valence-electron chi connectivity index (χ2n) is 19.6. The summed E-state index contributed by atoms with van der Waals surface area (Å²) >= 11 is 0. The number of nitrogens with one attached hydrogen (secondary N) is 4. The molecular formula is C52H64F2N10O15. The molecule has 3 aromatic rings. The fourth-order valence-electron chi connectivity index (χ4n) is 8.73. The Morgan fingerprint density at radius 3 is 1.99 bits per heavy atom. The molecule has 0 fully saturated rings. The summed E-state index contributed by atoms with van der Waals surface area (Å²) in [6.07, 6.45) is -0.139. The van der Waals surface area contributed by atoms with Crippen molar-refractivity contribution in [3.8, 4) is 11.1 Å². The Morgan fingerprint density at radius 2 is 1.42 bits per heavy atom. The van der Waals surface area contributed by atoms with Crippen molar-refractivity contribution in [3.63, 3.8) is 0 Å². The maximum absolute atomic E-state index is 15.5. The van der Waals surface area contributed by atoms with Gasteiger partial charge >= 0.3 is 11.9 Å². The lowest BCUT2D eigenvalue weighted by Crippen LogP contribution is -2.63. The molecule has 1 aliphatic rings. The summed E-state index contributed by atoms with van der Waals surface area (Å²) in [6, 6.07) is 3.07. The van der Waals surface area contributed by atoms with Crippen LogP contribution in [0.2, 0.25) is 0 Å². The smallest absolute Gasteiger partial charge is 0.326 e. The number of carbonyl (C=O) groups excluding carboxylic acids is 10. The maximum Gasteiger partial charge on any atom is 0.326 e. The largest absolute Gasteiger partial charge is 0.481 e. The maximum atomic E-state index is 15.5. The SMILES string of the molecule is C[C@H](NC(=O)CN1C(=O)C=CC1=O)C(=O)N[C@@H](C)C(=O)N([C@@H](CC(N)=O)C(N)=O)[C@@H](CCN(C(=O)CO)[C@@H](c1cc(-c2cc(F)ccc2F)cn1Cc1ccccc1)C(C)(C)C)C(=O)NCCC(=O)N[C@@H](CCC(=O)O)C(=O)O. The second-order valence-corrected chi connectivity index (χ2v) is 19.6. The van der Waals surface area contributed by atoms with E-state index >= 15 is 4.39 Å². The number of benzene rings is 2. The molecule has 10 amide bonds. The molecule has 4 rings (SSSR count). The number of carboxylic acid groups (broad SMARTS) is 2. The lowest BCUT2D eigenvalue weighted by Gasteiger charge is -2.42. The molecule has 6 atom stereocenters. The molecule has 0 saturated carbocycles. The summed E-state index contributed by atoms with van der Waals surface area (Å²) in [5.74, 6) is -15.1. The summed E-state index contributed by atoms with van der Waals surface area (Å²) in [5.41, 5.74) is 11.4. The molecule has 25 nitrogen and oxygen atoms in total. The number of nitrogens with zero attached hydrogens (tertiary/aromatic N) is 4. The van der Waals surface area contributed by atoms with Gasteiger partial charge in [0.2, 0.25) is 47.3 Å². The third kappa shape index (κ3) is 17.6. The van der Waals surface area contributed by atoms with Crippen LogP contribution in [-0.2, 0) is 64.1 Å². The van der Waals surface area contributed by atoms with E-state index in [9.17, 15) is 72.1 Å². The minimum absolute atomic E-state index is 0.100. The Hall–Kier alpha value is -8.88. The van der Waals surface area contributed by atoms with Crippen LogP contribution >= 0.6 is 0 Å². The van der Waals surface area contributed by atoms with E-state index in [1.54, 1.807) is 55.7 Å². The summed E-state index contributed by atoms with van der Waals surface area (Å²) in [5, 5.41) is 38.4. The number of aromatic nitrogens is 1. The first-order valence-corrected chi connectivity index (χ1v) is 24.7. The highest BCUT2D eigenvalue weighted by atomic mass is 19.1. The normalized spacial score (nSPS) is 14.5. The molecule has 1 aliphatic heterocycles. The van der Waals surface area contributed by atoms with E-state index in [-0.39, 0.29) is 17.7 Å². The number of nitrogens with two attached hydrogens (primary N) is 2. The Kier molecular flexibility index (Phi) is 22.2. The van der Waals surface area contributed by atoms with Gasteiger partial charge in [-0.25, -0.2) is 13.6 Å². The Bertz CT molecular complexity index is 2840. The van der Waals surface area contributed by atoms with Crippen LogP contribution in [0.5, 0.6) is 0 Å². The summed E-state index contributed by atoms with van der Waals surface area (Å²) in [7, 11) is 0. The van der Waals surface area contributed by atoms with E-state index in [4.69, 9.17) is 16.6 Å². The van der Waals surface area contributed by atoms with Crippen molar-refractivity contribution < 1.29 is 81.6 Å². The van der Waals surface area contributed by atoms with Crippen molar-refractivity contribution in [2.45, 2.75) is 110 Å². The summed E-state index contributed by atoms with van der Waals surface area (Å²) < 4.78 is 31.8. The molecular weight excluding hydrogens is 1040 g/mol. The molecule has 0 unspecified atom stereocenters. The Labute approximate surface area is 451 Å². The minimum atomic E-state index is -2.09. The van der Waals surface area contributed by atoms with Crippen molar-refractivity contribution in [2.75, 3.05) is 26.2 Å². The van der Waals surface area contributed by atoms with Crippen molar-refractivity contribution in [1.29, 1.82) is 0 Å². The molecule has 1 aromatic heterocycles. The molecule has 0 bridgehead atoms. The van der Waals surface area contributed by atoms with Gasteiger partial charge in [-0.05, 0) is 61.9 Å². The standard InChI is InChI=1S/C52H64F2N10O15/c1-28(58-41(68)26-63-42(69)14-15-43(63)70)48(75)59-29(2)50(77)64(38(47(56)74)23-39(55)66)36(49(76)57-19-17-40(67)60-35(51(78)79)13-16-45(72)73)18-20-62(44(71)27-65)46(52(3,4)5)37-21-31(33-22-32(53)11-12-34(33)54)25-61(37)24-30-9-7-6-8-10-30/h6-12,14-15,21-22,25,28-29,35-36,38,46,65H,13,16-20,23-24,26-27H2,1-5H3,(H2,55,66)(H2,56,74)(H,57,76)(H,58,68)(H,59,75)(H,60,67)(H,72,73)(H,78,79)/t28-,29-,35-,36-,38-,46-/m0/s1. The number of aliphatic carboxylic acids is 2. The molecule has 11 N–H and O–H groups in total. The summed E-state index contributed by atoms with van der Waals surface area (Å²) in [6.45, 7) is 4.34. The predicted molar refractivity (Wildman–Crippen MR) is 273 cm³/mol. The quantitative estimate of drug-likeness (QED) is 0.0399. The number of primary amides is 2. The van der Waals surface area contributed by atoms with Crippen LogP contribution in [0, 0.1) is 17.0 Å². The lowest BCUT2D eigenvalue weighted by molar-refractivity contribution is -0.151. The Balaban J connectivity index is 1.83. The molecule has 0 aliphatic carbocycles. The third-order valence-corrected chi connectivity index (χ3v) is 12.5. The molecule has 0 saturated heterocycles. The first kappa shape index (κ1) is 62.7. The molecule has 79 heavy (non-hydrogen) atoms. The van der Waals surface area contributed by atoms with Gasteiger partial charge in [0.25, 0.3) is 11.8 Å². The number of aliphatic hydroxyl groups excluding tert-OH is 1. The highest BCUT2D eigenvalue weighted by molar-refractivity contribution is 6.14. The van der Waals surface area contributed by atoms with Crippen LogP contribution in [-0.4, -0.2) is 162 Å². The van der Waals surface area contributed by atoms with Gasteiger partial charge in [-0.3, -0.25) is 57.6 Å². The zero-order chi connectivity index (χ0) is 59.1. The molecule has 2 aromatic carbocycles. The fourth-order valence-corrected chi connectivity index (χ4v) is 8.73. The van der Waals surface area contributed by atoms with Crippen LogP contribution in [0.15, 0.2) is 72.9 Å². The van der Waals surface area contributed by atoms with Crippen LogP contribution in [0.3, 0.4) is 0 Å². The van der Waals surface area contributed by atoms with Crippen LogP contribution < -0.4 is 32.7 Å². The average molecular weight is 1110 g/mol. The molecule has 0 radical (unpaired) electrons. The van der Waals surface area contributed by atoms with E-state index < -0.39 is 183 Å². The Morgan fingerprint density at radius 1 is 0.772 bits per heavy atom. The van der Waals surface area contributed by atoms with E-state index in [2.05, 4.69) is 21.3 Å². The molecule has 426 valence electrons. The molecule has 2 heterocycles. The fraction of sp³-hybridized carbons (Fsp3) is 0.423. The number of hydrogen-bond donors (Lipinski definition) is 9. The number of carboxylic acids is 2. The van der Waals surface area contributed by atoms with E-state index in [1.165, 1.54) is 19.2 Å². The van der Waals surface area contributed by atoms with E-state index in [0.29, 0.717) is 15.5 Å². The first-order chi connectivity index (χ1) is 37.0. The minimum Gasteiger partial charge on any atom is -0.481 e. The van der Waals surface area contributed by atoms with Gasteiger partial charge in [-0.2, -0.15) is 0 Å². The third-order valence-electron chi connectivity index (χ3n) is 12.5. The molecule has 0 spiro atoms. The van der Waals surface area contributed by atoms with Gasteiger partial charge in [0.15, 0.2) is 0 Å². The number of halogens is 2. The van der Waals surface area contributed by atoms with Gasteiger partial charge in [-0.1, -0.05) is 51.1 Å². The van der Waals surface area contributed by atoms with Crippen LogP contribution in [0.25, 0.3) is 11.1 Å². The van der Waals surface area contributed by atoms with Crippen molar-refractivity contribution in [3.05, 3.63) is 95.8 Å². The lowest BCUT2D eigenvalue weighted by atomic mass is 9.82. The average Bonchev–Trinajstić information content (AvgIpc) is 3.96. The van der Waals surface area contributed by atoms with Gasteiger partial charge in [0.1, 0.15) is 55.0 Å². The zero-order valence-corrected chi connectivity index (χ0v) is 43.9. The predicted octanol–water partition coefficient (Wildman–Crippen LogP) is -0.419. The van der Waals surface area contributed by atoms with Gasteiger partial charge in [0, 0.05) is 67.6 Å². The van der Waals surface area contributed by atoms with Crippen molar-refractivity contribution in [2.24, 2.45) is 16.9 Å². The first-order valence-electron chi connectivity index (χ1n) is 24.7. The van der Waals surface area contributed by atoms with Crippen molar-refractivity contribution in [1.82, 2.24) is 40.5 Å². The molecule has 27 heteroatoms. The second kappa shape index (κ2) is 28.0. The van der Waals surface area contributed by atoms with Gasteiger partial charge in [0.05, 0.1) is 12.5 Å². The van der Waals surface area contributed by atoms with Crippen LogP contribution in [0.1, 0.15) is 84.0 Å². The van der Waals surface area contributed by atoms with Gasteiger partial charge < -0.3 is 62.4 Å². The zero-order valence-electron chi connectivity index (χ0n) is 43.9. The van der Waals surface area contributed by atoms with Gasteiger partial charge in [-0.15, -0.1) is 0 Å². The number of hydrogen-bond acceptors (Lipinski definition) is 13. The van der Waals surface area contributed by atoms with Crippen LogP contribution in [0.4, 0.5) is 8.78 Å². The van der Waals surface area contributed by atoms with E-state index in [0.717, 1.165) is 47.7 Å². The highest BCUT2D eigenvalue weighted by Gasteiger charge is 2.43. The van der Waals surface area contributed by atoms with E-state index in [1.807, 2.05) is 0 Å². The number of aliphatic hydroxyl groups is 1. The number of rotatable bonds is 29. The highest BCUT2D eigenvalue weighted by Crippen LogP contribution is 2.41. The number of amides is 10. The number of carbonyl (C=O) groups is 12. The monoisotopic (exact) mass is 1110 g/mol. The topological polar surface area (TPSA) is 380 Å². The summed E-state index contributed by atoms with van der Waals surface area (Å²) in [4.78, 5) is 158. The number of imide groups is 1. The van der Waals surface area contributed by atoms with Crippen molar-refractivity contribution >= 4 is 71.0 Å².